The van der Waals surface area contributed by atoms with Crippen LogP contribution in [0.5, 0.6) is 0 Å². The highest BCUT2D eigenvalue weighted by Crippen LogP contribution is 2.32. The molecule has 1 fully saturated rings. The second-order valence-corrected chi connectivity index (χ2v) is 6.02. The van der Waals surface area contributed by atoms with Gasteiger partial charge in [-0.15, -0.1) is 10.2 Å². The Balaban J connectivity index is 1.79. The molecule has 1 saturated heterocycles. The summed E-state index contributed by atoms with van der Waals surface area (Å²) >= 11 is 5.85. The first-order chi connectivity index (χ1) is 11.8. The molecule has 0 bridgehead atoms. The zero-order valence-electron chi connectivity index (χ0n) is 13.1. The number of nitrogens with zero attached hydrogens (tertiary/aromatic N) is 3. The van der Waals surface area contributed by atoms with Gasteiger partial charge in [-0.05, 0) is 13.0 Å². The summed E-state index contributed by atoms with van der Waals surface area (Å²) in [5.41, 5.74) is -0.834. The van der Waals surface area contributed by atoms with Gasteiger partial charge in [-0.3, -0.25) is 9.20 Å². The zero-order valence-corrected chi connectivity index (χ0v) is 13.9. The maximum absolute atomic E-state index is 12.9. The summed E-state index contributed by atoms with van der Waals surface area (Å²) in [7, 11) is 0. The minimum absolute atomic E-state index is 0.0893. The minimum Gasteiger partial charge on any atom is -0.375 e. The Morgan fingerprint density at radius 3 is 2.96 bits per heavy atom. The molecular formula is C14H15ClF3N5O2. The van der Waals surface area contributed by atoms with E-state index in [4.69, 9.17) is 16.3 Å². The fourth-order valence-electron chi connectivity index (χ4n) is 2.58. The number of carbonyl (C=O) groups is 1. The first kappa shape index (κ1) is 17.9. The minimum atomic E-state index is -4.55. The molecule has 11 heteroatoms. The number of halogens is 4. The summed E-state index contributed by atoms with van der Waals surface area (Å²) in [4.78, 5) is 12.2. The summed E-state index contributed by atoms with van der Waals surface area (Å²) in [5.74, 6) is -0.192. The molecule has 0 saturated carbocycles. The smallest absolute Gasteiger partial charge is 0.375 e. The Bertz CT molecular complexity index is 795. The number of rotatable bonds is 3. The van der Waals surface area contributed by atoms with E-state index >= 15 is 0 Å². The molecule has 1 amide bonds. The van der Waals surface area contributed by atoms with Crippen LogP contribution in [-0.2, 0) is 22.3 Å². The number of nitrogens with one attached hydrogen (secondary N) is 2. The van der Waals surface area contributed by atoms with Crippen LogP contribution in [-0.4, -0.2) is 45.8 Å². The second kappa shape index (κ2) is 6.77. The third-order valence-corrected chi connectivity index (χ3v) is 4.16. The van der Waals surface area contributed by atoms with Gasteiger partial charge in [0.2, 0.25) is 5.91 Å². The molecular weight excluding hydrogens is 363 g/mol. The number of aromatic nitrogens is 3. The Morgan fingerprint density at radius 2 is 2.28 bits per heavy atom. The van der Waals surface area contributed by atoms with Crippen LogP contribution in [0.25, 0.3) is 5.65 Å². The molecule has 2 atom stereocenters. The zero-order chi connectivity index (χ0) is 18.2. The lowest BCUT2D eigenvalue weighted by Crippen LogP contribution is -2.55. The number of morpholine rings is 1. The van der Waals surface area contributed by atoms with Crippen molar-refractivity contribution in [2.24, 2.45) is 0 Å². The number of amides is 1. The van der Waals surface area contributed by atoms with Crippen LogP contribution >= 0.6 is 11.6 Å². The van der Waals surface area contributed by atoms with E-state index in [1.165, 1.54) is 0 Å². The van der Waals surface area contributed by atoms with Crippen molar-refractivity contribution in [2.45, 2.75) is 31.8 Å². The number of ether oxygens (including phenoxy) is 1. The largest absolute Gasteiger partial charge is 0.417 e. The molecule has 2 aromatic rings. The van der Waals surface area contributed by atoms with Gasteiger partial charge in [-0.2, -0.15) is 13.2 Å². The van der Waals surface area contributed by atoms with Gasteiger partial charge in [0.25, 0.3) is 0 Å². The molecule has 0 spiro atoms. The number of alkyl halides is 3. The van der Waals surface area contributed by atoms with Crippen molar-refractivity contribution >= 4 is 23.2 Å². The van der Waals surface area contributed by atoms with Gasteiger partial charge < -0.3 is 15.4 Å². The second-order valence-electron chi connectivity index (χ2n) is 5.61. The Kier molecular flexibility index (Phi) is 4.85. The summed E-state index contributed by atoms with van der Waals surface area (Å²) in [6, 6.07) is 0.251. The van der Waals surface area contributed by atoms with Gasteiger partial charge in [0.15, 0.2) is 11.5 Å². The quantitative estimate of drug-likeness (QED) is 0.845. The molecule has 25 heavy (non-hydrogen) atoms. The van der Waals surface area contributed by atoms with Gasteiger partial charge >= 0.3 is 6.18 Å². The standard InChI is InChI=1S/C14H15ClF3N5O2/c1-7-11(19-2-3-25-7)13(24)20-5-10-21-22-12-9(15)4-8(6-23(10)12)14(16,17)18/h4,6-7,11,19H,2-3,5H2,1H3,(H,20,24)/t7-,11+/m1/s1. The number of pyridine rings is 1. The average molecular weight is 378 g/mol. The highest BCUT2D eigenvalue weighted by atomic mass is 35.5. The molecule has 3 heterocycles. The monoisotopic (exact) mass is 377 g/mol. The Morgan fingerprint density at radius 1 is 1.52 bits per heavy atom. The van der Waals surface area contributed by atoms with Crippen molar-refractivity contribution in [3.63, 3.8) is 0 Å². The molecule has 2 aromatic heterocycles. The van der Waals surface area contributed by atoms with E-state index in [1.54, 1.807) is 6.92 Å². The lowest BCUT2D eigenvalue weighted by atomic mass is 10.1. The number of carbonyl (C=O) groups excluding carboxylic acids is 1. The summed E-state index contributed by atoms with van der Waals surface area (Å²) < 4.78 is 45.3. The topological polar surface area (TPSA) is 80.5 Å². The maximum atomic E-state index is 12.9. The SMILES string of the molecule is C[C@H]1OCCN[C@@H]1C(=O)NCc1nnc2c(Cl)cc(C(F)(F)F)cn12. The van der Waals surface area contributed by atoms with Crippen molar-refractivity contribution in [2.75, 3.05) is 13.2 Å². The molecule has 3 rings (SSSR count). The van der Waals surface area contributed by atoms with Gasteiger partial charge in [-0.25, -0.2) is 0 Å². The van der Waals surface area contributed by atoms with Crippen molar-refractivity contribution < 1.29 is 22.7 Å². The third-order valence-electron chi connectivity index (χ3n) is 3.88. The van der Waals surface area contributed by atoms with Crippen molar-refractivity contribution in [3.8, 4) is 0 Å². The third kappa shape index (κ3) is 3.70. The molecule has 1 aliphatic rings. The van der Waals surface area contributed by atoms with Crippen LogP contribution in [0, 0.1) is 0 Å². The van der Waals surface area contributed by atoms with Gasteiger partial charge in [0.05, 0.1) is 29.8 Å². The van der Waals surface area contributed by atoms with Gasteiger partial charge in [0, 0.05) is 12.7 Å². The molecule has 7 nitrogen and oxygen atoms in total. The highest BCUT2D eigenvalue weighted by Gasteiger charge is 2.32. The maximum Gasteiger partial charge on any atom is 0.417 e. The Hall–Kier alpha value is -1.91. The van der Waals surface area contributed by atoms with E-state index in [2.05, 4.69) is 20.8 Å². The van der Waals surface area contributed by atoms with Crippen LogP contribution < -0.4 is 10.6 Å². The average Bonchev–Trinajstić information content (AvgIpc) is 2.96. The summed E-state index contributed by atoms with van der Waals surface area (Å²) in [6.07, 6.45) is -4.01. The fraction of sp³-hybridized carbons (Fsp3) is 0.500. The van der Waals surface area contributed by atoms with E-state index in [0.29, 0.717) is 13.2 Å². The number of hydrogen-bond acceptors (Lipinski definition) is 5. The van der Waals surface area contributed by atoms with Crippen molar-refractivity contribution in [1.29, 1.82) is 0 Å². The normalized spacial score (nSPS) is 21.5. The van der Waals surface area contributed by atoms with E-state index in [-0.39, 0.29) is 35.1 Å². The summed E-state index contributed by atoms with van der Waals surface area (Å²) in [6.45, 7) is 2.72. The lowest BCUT2D eigenvalue weighted by Gasteiger charge is -2.29. The molecule has 0 unspecified atom stereocenters. The molecule has 0 aliphatic carbocycles. The predicted molar refractivity (Wildman–Crippen MR) is 82.1 cm³/mol. The molecule has 1 aliphatic heterocycles. The molecule has 0 aromatic carbocycles. The van der Waals surface area contributed by atoms with Crippen LogP contribution in [0.2, 0.25) is 5.02 Å². The van der Waals surface area contributed by atoms with E-state index < -0.39 is 17.8 Å². The number of fused-ring (bicyclic) bond motifs is 1. The van der Waals surface area contributed by atoms with Gasteiger partial charge in [-0.1, -0.05) is 11.6 Å². The summed E-state index contributed by atoms with van der Waals surface area (Å²) in [5, 5.41) is 13.1. The van der Waals surface area contributed by atoms with Gasteiger partial charge in [0.1, 0.15) is 6.04 Å². The first-order valence-electron chi connectivity index (χ1n) is 7.50. The first-order valence-corrected chi connectivity index (χ1v) is 7.88. The van der Waals surface area contributed by atoms with Crippen LogP contribution in [0.4, 0.5) is 13.2 Å². The highest BCUT2D eigenvalue weighted by molar-refractivity contribution is 6.33. The van der Waals surface area contributed by atoms with Crippen LogP contribution in [0.3, 0.4) is 0 Å². The van der Waals surface area contributed by atoms with E-state index in [1.807, 2.05) is 0 Å². The molecule has 2 N–H and O–H groups in total. The van der Waals surface area contributed by atoms with E-state index in [9.17, 15) is 18.0 Å². The lowest BCUT2D eigenvalue weighted by molar-refractivity contribution is -0.138. The molecule has 0 radical (unpaired) electrons. The molecule has 136 valence electrons. The Labute approximate surface area is 145 Å². The number of hydrogen-bond donors (Lipinski definition) is 2. The van der Waals surface area contributed by atoms with Crippen LogP contribution in [0.1, 0.15) is 18.3 Å². The fourth-order valence-corrected chi connectivity index (χ4v) is 2.82. The van der Waals surface area contributed by atoms with Crippen LogP contribution in [0.15, 0.2) is 12.3 Å². The predicted octanol–water partition coefficient (Wildman–Crippen LogP) is 1.39. The van der Waals surface area contributed by atoms with Crippen molar-refractivity contribution in [1.82, 2.24) is 25.2 Å². The van der Waals surface area contributed by atoms with E-state index in [0.717, 1.165) is 16.7 Å². The van der Waals surface area contributed by atoms with Crippen molar-refractivity contribution in [3.05, 3.63) is 28.7 Å².